The fraction of sp³-hybridized carbons (Fsp3) is 0.500. The lowest BCUT2D eigenvalue weighted by Crippen LogP contribution is -2.42. The van der Waals surface area contributed by atoms with Crippen LogP contribution in [0.1, 0.15) is 37.6 Å². The van der Waals surface area contributed by atoms with E-state index in [0.717, 1.165) is 12.3 Å². The van der Waals surface area contributed by atoms with E-state index in [9.17, 15) is 14.0 Å². The number of nitrogens with zero attached hydrogens (tertiary/aromatic N) is 1. The monoisotopic (exact) mass is 298 g/mol. The molecule has 0 bridgehead atoms. The van der Waals surface area contributed by atoms with Crippen LogP contribution in [-0.2, 0) is 9.53 Å². The van der Waals surface area contributed by atoms with Crippen LogP contribution in [0.4, 0.5) is 4.39 Å². The first-order valence-corrected chi connectivity index (χ1v) is 6.47. The SMILES string of the molecule is CC(C)(C)OCCC(NC(=O)c1cncc(F)c1)C(=O)O. The molecule has 1 aromatic heterocycles. The Kier molecular flexibility index (Phi) is 5.78. The predicted octanol–water partition coefficient (Wildman–Crippen LogP) is 1.61. The molecular formula is C14H19FN2O4. The number of carbonyl (C=O) groups excluding carboxylic acids is 1. The van der Waals surface area contributed by atoms with E-state index in [0.29, 0.717) is 0 Å². The number of carboxylic acids is 1. The zero-order valence-electron chi connectivity index (χ0n) is 12.2. The predicted molar refractivity (Wildman–Crippen MR) is 73.4 cm³/mol. The summed E-state index contributed by atoms with van der Waals surface area (Å²) in [5.74, 6) is -2.53. The summed E-state index contributed by atoms with van der Waals surface area (Å²) >= 11 is 0. The molecule has 0 aliphatic carbocycles. The van der Waals surface area contributed by atoms with Crippen molar-refractivity contribution >= 4 is 11.9 Å². The third-order valence-electron chi connectivity index (χ3n) is 2.51. The van der Waals surface area contributed by atoms with Crippen LogP contribution in [0.3, 0.4) is 0 Å². The maximum absolute atomic E-state index is 13.0. The van der Waals surface area contributed by atoms with Gasteiger partial charge in [0.05, 0.1) is 17.4 Å². The molecule has 1 aromatic rings. The largest absolute Gasteiger partial charge is 0.480 e. The summed E-state index contributed by atoms with van der Waals surface area (Å²) in [6, 6.07) is -0.115. The Hall–Kier alpha value is -2.02. The van der Waals surface area contributed by atoms with Gasteiger partial charge in [-0.05, 0) is 26.8 Å². The van der Waals surface area contributed by atoms with Gasteiger partial charge in [-0.1, -0.05) is 0 Å². The van der Waals surface area contributed by atoms with Gasteiger partial charge in [-0.2, -0.15) is 0 Å². The van der Waals surface area contributed by atoms with E-state index >= 15 is 0 Å². The molecule has 1 atom stereocenters. The average molecular weight is 298 g/mol. The summed E-state index contributed by atoms with van der Waals surface area (Å²) < 4.78 is 18.4. The normalized spacial score (nSPS) is 12.8. The third-order valence-corrected chi connectivity index (χ3v) is 2.51. The van der Waals surface area contributed by atoms with E-state index in [-0.39, 0.29) is 24.2 Å². The lowest BCUT2D eigenvalue weighted by atomic mass is 10.1. The molecule has 0 saturated carbocycles. The fourth-order valence-corrected chi connectivity index (χ4v) is 1.52. The van der Waals surface area contributed by atoms with Crippen molar-refractivity contribution in [2.75, 3.05) is 6.61 Å². The number of halogens is 1. The first-order valence-electron chi connectivity index (χ1n) is 6.47. The molecule has 2 N–H and O–H groups in total. The highest BCUT2D eigenvalue weighted by atomic mass is 19.1. The van der Waals surface area contributed by atoms with Crippen LogP contribution >= 0.6 is 0 Å². The van der Waals surface area contributed by atoms with Crippen molar-refractivity contribution < 1.29 is 23.8 Å². The van der Waals surface area contributed by atoms with Gasteiger partial charge in [-0.15, -0.1) is 0 Å². The Morgan fingerprint density at radius 1 is 1.43 bits per heavy atom. The number of amides is 1. The number of nitrogens with one attached hydrogen (secondary N) is 1. The Labute approximate surface area is 122 Å². The van der Waals surface area contributed by atoms with Crippen molar-refractivity contribution in [2.24, 2.45) is 0 Å². The molecule has 1 amide bonds. The first-order chi connectivity index (χ1) is 9.69. The summed E-state index contributed by atoms with van der Waals surface area (Å²) in [5.41, 5.74) is -0.419. The van der Waals surface area contributed by atoms with Crippen LogP contribution < -0.4 is 5.32 Å². The van der Waals surface area contributed by atoms with Crippen LogP contribution in [0.2, 0.25) is 0 Å². The molecular weight excluding hydrogens is 279 g/mol. The van der Waals surface area contributed by atoms with Gasteiger partial charge in [0.1, 0.15) is 11.9 Å². The van der Waals surface area contributed by atoms with Crippen molar-refractivity contribution in [3.8, 4) is 0 Å². The molecule has 0 spiro atoms. The van der Waals surface area contributed by atoms with Crippen LogP contribution in [0, 0.1) is 5.82 Å². The molecule has 0 aliphatic heterocycles. The zero-order chi connectivity index (χ0) is 16.0. The topological polar surface area (TPSA) is 88.5 Å². The minimum Gasteiger partial charge on any atom is -0.480 e. The standard InChI is InChI=1S/C14H19FN2O4/c1-14(2,3)21-5-4-11(13(19)20)17-12(18)9-6-10(15)8-16-7-9/h6-8,11H,4-5H2,1-3H3,(H,17,18)(H,19,20). The van der Waals surface area contributed by atoms with E-state index < -0.39 is 23.7 Å². The van der Waals surface area contributed by atoms with Crippen molar-refractivity contribution in [3.63, 3.8) is 0 Å². The minimum absolute atomic E-state index is 0.0296. The van der Waals surface area contributed by atoms with Gasteiger partial charge < -0.3 is 15.2 Å². The summed E-state index contributed by atoms with van der Waals surface area (Å²) in [4.78, 5) is 26.5. The lowest BCUT2D eigenvalue weighted by molar-refractivity contribution is -0.140. The number of rotatable bonds is 6. The Balaban J connectivity index is 2.62. The van der Waals surface area contributed by atoms with Gasteiger partial charge in [-0.3, -0.25) is 9.78 Å². The van der Waals surface area contributed by atoms with Gasteiger partial charge in [0.2, 0.25) is 0 Å². The van der Waals surface area contributed by atoms with Gasteiger partial charge >= 0.3 is 5.97 Å². The second kappa shape index (κ2) is 7.12. The number of aliphatic carboxylic acids is 1. The molecule has 1 rings (SSSR count). The lowest BCUT2D eigenvalue weighted by Gasteiger charge is -2.21. The van der Waals surface area contributed by atoms with Crippen molar-refractivity contribution in [2.45, 2.75) is 38.8 Å². The molecule has 6 nitrogen and oxygen atoms in total. The number of carboxylic acid groups (broad SMARTS) is 1. The quantitative estimate of drug-likeness (QED) is 0.833. The molecule has 21 heavy (non-hydrogen) atoms. The summed E-state index contributed by atoms with van der Waals surface area (Å²) in [6.07, 6.45) is 2.24. The summed E-state index contributed by atoms with van der Waals surface area (Å²) in [7, 11) is 0. The fourth-order valence-electron chi connectivity index (χ4n) is 1.52. The van der Waals surface area contributed by atoms with Gasteiger partial charge in [0.15, 0.2) is 0 Å². The second-order valence-electron chi connectivity index (χ2n) is 5.51. The Bertz CT molecular complexity index is 514. The van der Waals surface area contributed by atoms with E-state index in [2.05, 4.69) is 10.3 Å². The molecule has 7 heteroatoms. The summed E-state index contributed by atoms with van der Waals surface area (Å²) in [5, 5.41) is 11.4. The third kappa shape index (κ3) is 6.31. The van der Waals surface area contributed by atoms with Crippen LogP contribution in [0.5, 0.6) is 0 Å². The maximum Gasteiger partial charge on any atom is 0.326 e. The Morgan fingerprint density at radius 3 is 2.62 bits per heavy atom. The number of hydrogen-bond acceptors (Lipinski definition) is 4. The highest BCUT2D eigenvalue weighted by molar-refractivity contribution is 5.96. The van der Waals surface area contributed by atoms with Crippen molar-refractivity contribution in [1.29, 1.82) is 0 Å². The minimum atomic E-state index is -1.18. The summed E-state index contributed by atoms with van der Waals surface area (Å²) in [6.45, 7) is 5.72. The number of carbonyl (C=O) groups is 2. The van der Waals surface area contributed by atoms with E-state index in [1.165, 1.54) is 6.20 Å². The highest BCUT2D eigenvalue weighted by Gasteiger charge is 2.22. The molecule has 1 unspecified atom stereocenters. The van der Waals surface area contributed by atoms with Gasteiger partial charge in [0.25, 0.3) is 5.91 Å². The van der Waals surface area contributed by atoms with Crippen LogP contribution in [0.25, 0.3) is 0 Å². The number of aromatic nitrogens is 1. The molecule has 0 radical (unpaired) electrons. The zero-order valence-corrected chi connectivity index (χ0v) is 12.2. The average Bonchev–Trinajstić information content (AvgIpc) is 2.35. The van der Waals surface area contributed by atoms with Gasteiger partial charge in [-0.25, -0.2) is 9.18 Å². The second-order valence-corrected chi connectivity index (χ2v) is 5.51. The van der Waals surface area contributed by atoms with E-state index in [1.807, 2.05) is 20.8 Å². The molecule has 0 aliphatic rings. The molecule has 0 aromatic carbocycles. The van der Waals surface area contributed by atoms with Crippen molar-refractivity contribution in [3.05, 3.63) is 29.8 Å². The molecule has 0 saturated heterocycles. The number of ether oxygens (including phenoxy) is 1. The Morgan fingerprint density at radius 2 is 2.10 bits per heavy atom. The highest BCUT2D eigenvalue weighted by Crippen LogP contribution is 2.08. The van der Waals surface area contributed by atoms with Gasteiger partial charge in [0, 0.05) is 19.2 Å². The first kappa shape index (κ1) is 17.0. The number of pyridine rings is 1. The van der Waals surface area contributed by atoms with Crippen LogP contribution in [-0.4, -0.2) is 40.2 Å². The number of hydrogen-bond donors (Lipinski definition) is 2. The van der Waals surface area contributed by atoms with E-state index in [1.54, 1.807) is 0 Å². The van der Waals surface area contributed by atoms with Crippen molar-refractivity contribution in [1.82, 2.24) is 10.3 Å². The molecule has 116 valence electrons. The van der Waals surface area contributed by atoms with E-state index in [4.69, 9.17) is 9.84 Å². The molecule has 1 heterocycles. The van der Waals surface area contributed by atoms with Crippen LogP contribution in [0.15, 0.2) is 18.5 Å². The molecule has 0 fully saturated rings. The maximum atomic E-state index is 13.0. The smallest absolute Gasteiger partial charge is 0.326 e.